The van der Waals surface area contributed by atoms with Crippen LogP contribution in [0.2, 0.25) is 0 Å². The van der Waals surface area contributed by atoms with Gasteiger partial charge in [0.2, 0.25) is 5.91 Å². The van der Waals surface area contributed by atoms with Crippen LogP contribution in [0.4, 0.5) is 0 Å². The molecular weight excluding hydrogens is 570 g/mol. The molecule has 0 aliphatic rings. The van der Waals surface area contributed by atoms with Crippen molar-refractivity contribution in [1.29, 1.82) is 0 Å². The number of nitrogens with one attached hydrogen (secondary N) is 1. The highest BCUT2D eigenvalue weighted by atomic mass is 16.6. The van der Waals surface area contributed by atoms with Gasteiger partial charge in [-0.1, -0.05) is 5.11 Å². The number of esters is 1. The first-order valence-electron chi connectivity index (χ1n) is 14.6. The summed E-state index contributed by atoms with van der Waals surface area (Å²) < 4.78 is 48.3. The molecule has 0 spiro atoms. The van der Waals surface area contributed by atoms with Gasteiger partial charge in [0, 0.05) is 24.4 Å². The maximum Gasteiger partial charge on any atom is 0.323 e. The number of carbonyl (C=O) groups excluding carboxylic acids is 2. The predicted molar refractivity (Wildman–Crippen MR) is 157 cm³/mol. The second kappa shape index (κ2) is 29.9. The number of amides is 1. The number of hydrogen-bond donors (Lipinski definition) is 2. The Hall–Kier alpha value is -2.11. The van der Waals surface area contributed by atoms with Crippen molar-refractivity contribution in [3.63, 3.8) is 0 Å². The minimum absolute atomic E-state index is 0.137. The minimum atomic E-state index is -0.827. The summed E-state index contributed by atoms with van der Waals surface area (Å²) in [4.78, 5) is 26.3. The molecular formula is C27H53N5O11. The molecule has 0 aromatic heterocycles. The zero-order chi connectivity index (χ0) is 31.9. The van der Waals surface area contributed by atoms with Crippen LogP contribution in [0.25, 0.3) is 10.4 Å². The van der Waals surface area contributed by atoms with Crippen LogP contribution in [-0.4, -0.2) is 142 Å². The quantitative estimate of drug-likeness (QED) is 0.0365. The topological polar surface area (TPSA) is 204 Å². The van der Waals surface area contributed by atoms with Crippen LogP contribution in [0.15, 0.2) is 5.11 Å². The van der Waals surface area contributed by atoms with E-state index in [1.54, 1.807) is 20.8 Å². The lowest BCUT2D eigenvalue weighted by atomic mass is 10.1. The molecule has 43 heavy (non-hydrogen) atoms. The van der Waals surface area contributed by atoms with Crippen LogP contribution in [0.5, 0.6) is 0 Å². The highest BCUT2D eigenvalue weighted by Crippen LogP contribution is 2.09. The first-order chi connectivity index (χ1) is 20.8. The number of azide groups is 1. The van der Waals surface area contributed by atoms with Gasteiger partial charge in [-0.15, -0.1) is 0 Å². The predicted octanol–water partition coefficient (Wildman–Crippen LogP) is 0.995. The fourth-order valence-corrected chi connectivity index (χ4v) is 2.92. The summed E-state index contributed by atoms with van der Waals surface area (Å²) in [6.07, 6.45) is 0.354. The molecule has 0 aromatic rings. The normalized spacial score (nSPS) is 12.1. The fraction of sp³-hybridized carbons (Fsp3) is 0.926. The smallest absolute Gasteiger partial charge is 0.323 e. The molecule has 0 aliphatic heterocycles. The van der Waals surface area contributed by atoms with Crippen molar-refractivity contribution >= 4 is 11.9 Å². The monoisotopic (exact) mass is 623 g/mol. The Morgan fingerprint density at radius 3 is 1.44 bits per heavy atom. The molecule has 3 N–H and O–H groups in total. The van der Waals surface area contributed by atoms with E-state index in [9.17, 15) is 9.59 Å². The van der Waals surface area contributed by atoms with E-state index in [2.05, 4.69) is 15.3 Å². The van der Waals surface area contributed by atoms with Gasteiger partial charge in [-0.25, -0.2) is 0 Å². The largest absolute Gasteiger partial charge is 0.459 e. The maximum atomic E-state index is 11.9. The summed E-state index contributed by atoms with van der Waals surface area (Å²) in [7, 11) is 0. The summed E-state index contributed by atoms with van der Waals surface area (Å²) in [6.45, 7) is 13.1. The lowest BCUT2D eigenvalue weighted by Gasteiger charge is -2.22. The fourth-order valence-electron chi connectivity index (χ4n) is 2.92. The Morgan fingerprint density at radius 2 is 1.07 bits per heavy atom. The zero-order valence-electron chi connectivity index (χ0n) is 26.1. The maximum absolute atomic E-state index is 11.9. The minimum Gasteiger partial charge on any atom is -0.459 e. The highest BCUT2D eigenvalue weighted by Gasteiger charge is 2.22. The Labute approximate surface area is 255 Å². The summed E-state index contributed by atoms with van der Waals surface area (Å²) in [5, 5.41) is 6.08. The third kappa shape index (κ3) is 32.6. The van der Waals surface area contributed by atoms with Gasteiger partial charge < -0.3 is 53.7 Å². The zero-order valence-corrected chi connectivity index (χ0v) is 26.1. The van der Waals surface area contributed by atoms with Crippen LogP contribution in [0, 0.1) is 0 Å². The highest BCUT2D eigenvalue weighted by molar-refractivity contribution is 5.79. The van der Waals surface area contributed by atoms with Crippen LogP contribution in [-0.2, 0) is 52.2 Å². The first kappa shape index (κ1) is 40.9. The van der Waals surface area contributed by atoms with E-state index in [-0.39, 0.29) is 18.7 Å². The number of ether oxygens (including phenoxy) is 9. The standard InChI is InChI=1S/C27H53N5O11/c1-27(2,3)43-26(34)24(28)4-5-25(33)30-6-8-35-10-12-37-14-16-39-18-20-41-22-23-42-21-19-40-17-15-38-13-11-36-9-7-31-32-29/h24H,4-23,28H2,1-3H3,(H,30,33). The lowest BCUT2D eigenvalue weighted by Crippen LogP contribution is -2.38. The Morgan fingerprint density at radius 1 is 0.698 bits per heavy atom. The molecule has 0 aromatic carbocycles. The molecule has 252 valence electrons. The van der Waals surface area contributed by atoms with Gasteiger partial charge in [-0.2, -0.15) is 0 Å². The number of rotatable bonds is 31. The summed E-state index contributed by atoms with van der Waals surface area (Å²) in [5.41, 5.74) is 13.3. The average molecular weight is 624 g/mol. The molecule has 0 bridgehead atoms. The van der Waals surface area contributed by atoms with Gasteiger partial charge in [0.25, 0.3) is 0 Å². The molecule has 0 aliphatic carbocycles. The average Bonchev–Trinajstić information content (AvgIpc) is 2.96. The van der Waals surface area contributed by atoms with E-state index >= 15 is 0 Å². The SMILES string of the molecule is CC(C)(C)OC(=O)C(N)CCC(=O)NCCOCCOCCOCCOCCOCCOCCOCCOCCN=[N+]=[N-]. The van der Waals surface area contributed by atoms with Crippen molar-refractivity contribution in [3.05, 3.63) is 10.4 Å². The van der Waals surface area contributed by atoms with E-state index in [4.69, 9.17) is 53.9 Å². The van der Waals surface area contributed by atoms with E-state index in [1.807, 2.05) is 0 Å². The Bertz CT molecular complexity index is 722. The van der Waals surface area contributed by atoms with Gasteiger partial charge >= 0.3 is 5.97 Å². The molecule has 0 fully saturated rings. The van der Waals surface area contributed by atoms with E-state index in [1.165, 1.54) is 0 Å². The second-order valence-corrected chi connectivity index (χ2v) is 9.88. The molecule has 0 saturated heterocycles. The van der Waals surface area contributed by atoms with Crippen LogP contribution < -0.4 is 11.1 Å². The number of hydrogen-bond acceptors (Lipinski definition) is 13. The molecule has 0 radical (unpaired) electrons. The molecule has 0 saturated carbocycles. The Kier molecular flexibility index (Phi) is 28.5. The van der Waals surface area contributed by atoms with Crippen molar-refractivity contribution in [2.24, 2.45) is 10.8 Å². The molecule has 16 nitrogen and oxygen atoms in total. The number of carbonyl (C=O) groups is 2. The third-order valence-corrected chi connectivity index (χ3v) is 4.96. The number of nitrogens with two attached hydrogens (primary N) is 1. The van der Waals surface area contributed by atoms with Crippen molar-refractivity contribution < 1.29 is 52.2 Å². The van der Waals surface area contributed by atoms with Gasteiger partial charge in [-0.3, -0.25) is 9.59 Å². The van der Waals surface area contributed by atoms with Crippen molar-refractivity contribution in [3.8, 4) is 0 Å². The third-order valence-electron chi connectivity index (χ3n) is 4.96. The van der Waals surface area contributed by atoms with Crippen molar-refractivity contribution in [2.45, 2.75) is 45.3 Å². The van der Waals surface area contributed by atoms with Gasteiger partial charge in [0.05, 0.1) is 106 Å². The molecule has 1 amide bonds. The van der Waals surface area contributed by atoms with Crippen molar-refractivity contribution in [2.75, 3.05) is 119 Å². The van der Waals surface area contributed by atoms with E-state index < -0.39 is 17.6 Å². The Balaban J connectivity index is 3.25. The van der Waals surface area contributed by atoms with Crippen LogP contribution >= 0.6 is 0 Å². The van der Waals surface area contributed by atoms with Gasteiger partial charge in [0.1, 0.15) is 11.6 Å². The summed E-state index contributed by atoms with van der Waals surface area (Å²) >= 11 is 0. The lowest BCUT2D eigenvalue weighted by molar-refractivity contribution is -0.156. The molecule has 0 heterocycles. The molecule has 0 rings (SSSR count). The van der Waals surface area contributed by atoms with E-state index in [0.717, 1.165) is 0 Å². The molecule has 16 heteroatoms. The summed E-state index contributed by atoms with van der Waals surface area (Å²) in [6, 6.07) is -0.827. The molecule has 1 atom stereocenters. The second-order valence-electron chi connectivity index (χ2n) is 9.88. The van der Waals surface area contributed by atoms with E-state index in [0.29, 0.717) is 119 Å². The number of nitrogens with zero attached hydrogens (tertiary/aromatic N) is 3. The van der Waals surface area contributed by atoms with Gasteiger partial charge in [-0.05, 0) is 32.7 Å². The van der Waals surface area contributed by atoms with Crippen molar-refractivity contribution in [1.82, 2.24) is 5.32 Å². The molecule has 1 unspecified atom stereocenters. The summed E-state index contributed by atoms with van der Waals surface area (Å²) in [5.74, 6) is -0.709. The van der Waals surface area contributed by atoms with Crippen LogP contribution in [0.1, 0.15) is 33.6 Å². The first-order valence-corrected chi connectivity index (χ1v) is 14.6. The van der Waals surface area contributed by atoms with Crippen LogP contribution in [0.3, 0.4) is 0 Å². The van der Waals surface area contributed by atoms with Gasteiger partial charge in [0.15, 0.2) is 0 Å².